The molecular formula is C12H23NO3S. The van der Waals surface area contributed by atoms with E-state index in [0.717, 1.165) is 51.7 Å². The quantitative estimate of drug-likeness (QED) is 0.827. The second-order valence-electron chi connectivity index (χ2n) is 5.31. The van der Waals surface area contributed by atoms with E-state index < -0.39 is 9.84 Å². The molecule has 0 amide bonds. The molecule has 2 aliphatic rings. The second-order valence-corrected chi connectivity index (χ2v) is 7.58. The fraction of sp³-hybridized carbons (Fsp3) is 1.00. The number of ether oxygens (including phenoxy) is 1. The highest BCUT2D eigenvalue weighted by molar-refractivity contribution is 7.91. The molecule has 2 unspecified atom stereocenters. The first-order chi connectivity index (χ1) is 8.07. The van der Waals surface area contributed by atoms with E-state index in [1.54, 1.807) is 0 Å². The SMILES string of the molecule is CS(=O)(=O)C1CCCCC1NC1CCOCC1. The van der Waals surface area contributed by atoms with Gasteiger partial charge in [-0.2, -0.15) is 0 Å². The third kappa shape index (κ3) is 3.66. The van der Waals surface area contributed by atoms with Crippen LogP contribution in [0.15, 0.2) is 0 Å². The summed E-state index contributed by atoms with van der Waals surface area (Å²) in [6.07, 6.45) is 7.40. The molecule has 5 heteroatoms. The number of hydrogen-bond donors (Lipinski definition) is 1. The van der Waals surface area contributed by atoms with E-state index >= 15 is 0 Å². The zero-order valence-electron chi connectivity index (χ0n) is 10.5. The van der Waals surface area contributed by atoms with Crippen molar-refractivity contribution in [2.24, 2.45) is 0 Å². The zero-order valence-corrected chi connectivity index (χ0v) is 11.3. The summed E-state index contributed by atoms with van der Waals surface area (Å²) in [6.45, 7) is 1.60. The maximum absolute atomic E-state index is 11.8. The van der Waals surface area contributed by atoms with Gasteiger partial charge in [-0.05, 0) is 25.7 Å². The van der Waals surface area contributed by atoms with E-state index in [1.807, 2.05) is 0 Å². The average Bonchev–Trinajstić information content (AvgIpc) is 2.30. The summed E-state index contributed by atoms with van der Waals surface area (Å²) in [4.78, 5) is 0. The molecule has 1 N–H and O–H groups in total. The Balaban J connectivity index is 1.96. The first kappa shape index (κ1) is 13.3. The van der Waals surface area contributed by atoms with Crippen molar-refractivity contribution in [3.63, 3.8) is 0 Å². The molecule has 0 radical (unpaired) electrons. The molecule has 4 nitrogen and oxygen atoms in total. The van der Waals surface area contributed by atoms with Crippen LogP contribution in [0.3, 0.4) is 0 Å². The molecule has 0 aromatic heterocycles. The molecule has 0 spiro atoms. The number of sulfone groups is 1. The Kier molecular flexibility index (Phi) is 4.44. The van der Waals surface area contributed by atoms with E-state index in [0.29, 0.717) is 6.04 Å². The minimum absolute atomic E-state index is 0.154. The van der Waals surface area contributed by atoms with Gasteiger partial charge in [-0.1, -0.05) is 12.8 Å². The fourth-order valence-corrected chi connectivity index (χ4v) is 4.37. The normalized spacial score (nSPS) is 32.5. The van der Waals surface area contributed by atoms with Crippen LogP contribution in [0.5, 0.6) is 0 Å². The average molecular weight is 261 g/mol. The molecule has 1 aliphatic carbocycles. The van der Waals surface area contributed by atoms with Crippen molar-refractivity contribution in [2.75, 3.05) is 19.5 Å². The Morgan fingerprint density at radius 1 is 1.06 bits per heavy atom. The van der Waals surface area contributed by atoms with Crippen LogP contribution in [-0.4, -0.2) is 45.2 Å². The molecule has 1 saturated heterocycles. The van der Waals surface area contributed by atoms with Gasteiger partial charge in [-0.3, -0.25) is 0 Å². The first-order valence-electron chi connectivity index (χ1n) is 6.60. The summed E-state index contributed by atoms with van der Waals surface area (Å²) in [6, 6.07) is 0.595. The van der Waals surface area contributed by atoms with Crippen LogP contribution in [-0.2, 0) is 14.6 Å². The summed E-state index contributed by atoms with van der Waals surface area (Å²) in [5.74, 6) is 0. The highest BCUT2D eigenvalue weighted by atomic mass is 32.2. The predicted molar refractivity (Wildman–Crippen MR) is 67.9 cm³/mol. The van der Waals surface area contributed by atoms with Gasteiger partial charge in [0.1, 0.15) is 0 Å². The Morgan fingerprint density at radius 3 is 2.35 bits per heavy atom. The van der Waals surface area contributed by atoms with Crippen molar-refractivity contribution in [3.05, 3.63) is 0 Å². The molecule has 2 rings (SSSR count). The molecule has 17 heavy (non-hydrogen) atoms. The van der Waals surface area contributed by atoms with Gasteiger partial charge in [-0.15, -0.1) is 0 Å². The van der Waals surface area contributed by atoms with Gasteiger partial charge in [0, 0.05) is 31.6 Å². The van der Waals surface area contributed by atoms with Crippen LogP contribution in [0.4, 0.5) is 0 Å². The highest BCUT2D eigenvalue weighted by Gasteiger charge is 2.33. The standard InChI is InChI=1S/C12H23NO3S/c1-17(14,15)12-5-3-2-4-11(12)13-10-6-8-16-9-7-10/h10-13H,2-9H2,1H3. The second kappa shape index (κ2) is 5.67. The molecule has 1 heterocycles. The molecule has 2 atom stereocenters. The van der Waals surface area contributed by atoms with Gasteiger partial charge in [0.15, 0.2) is 9.84 Å². The molecule has 1 saturated carbocycles. The van der Waals surface area contributed by atoms with Gasteiger partial charge < -0.3 is 10.1 Å². The molecular weight excluding hydrogens is 238 g/mol. The van der Waals surface area contributed by atoms with Crippen molar-refractivity contribution in [3.8, 4) is 0 Å². The third-order valence-electron chi connectivity index (χ3n) is 3.92. The van der Waals surface area contributed by atoms with Gasteiger partial charge >= 0.3 is 0 Å². The predicted octanol–water partition coefficient (Wildman–Crippen LogP) is 1.11. The topological polar surface area (TPSA) is 55.4 Å². The van der Waals surface area contributed by atoms with Crippen LogP contribution < -0.4 is 5.32 Å². The van der Waals surface area contributed by atoms with Crippen LogP contribution >= 0.6 is 0 Å². The maximum Gasteiger partial charge on any atom is 0.151 e. The van der Waals surface area contributed by atoms with E-state index in [4.69, 9.17) is 4.74 Å². The Bertz CT molecular complexity index is 336. The van der Waals surface area contributed by atoms with Crippen molar-refractivity contribution >= 4 is 9.84 Å². The molecule has 1 aliphatic heterocycles. The Hall–Kier alpha value is -0.130. The van der Waals surface area contributed by atoms with Crippen molar-refractivity contribution < 1.29 is 13.2 Å². The van der Waals surface area contributed by atoms with Crippen molar-refractivity contribution in [1.29, 1.82) is 0 Å². The van der Waals surface area contributed by atoms with Crippen molar-refractivity contribution in [2.45, 2.75) is 55.9 Å². The van der Waals surface area contributed by atoms with Crippen molar-refractivity contribution in [1.82, 2.24) is 5.32 Å². The highest BCUT2D eigenvalue weighted by Crippen LogP contribution is 2.25. The number of hydrogen-bond acceptors (Lipinski definition) is 4. The van der Waals surface area contributed by atoms with Crippen LogP contribution in [0.2, 0.25) is 0 Å². The van der Waals surface area contributed by atoms with E-state index in [9.17, 15) is 8.42 Å². The van der Waals surface area contributed by atoms with E-state index in [2.05, 4.69) is 5.32 Å². The fourth-order valence-electron chi connectivity index (χ4n) is 2.97. The smallest absolute Gasteiger partial charge is 0.151 e. The molecule has 0 aromatic carbocycles. The maximum atomic E-state index is 11.8. The lowest BCUT2D eigenvalue weighted by molar-refractivity contribution is 0.0734. The molecule has 100 valence electrons. The summed E-state index contributed by atoms with van der Waals surface area (Å²) < 4.78 is 28.9. The minimum atomic E-state index is -2.92. The Morgan fingerprint density at radius 2 is 1.71 bits per heavy atom. The Labute approximate surface area is 104 Å². The molecule has 2 fully saturated rings. The van der Waals surface area contributed by atoms with Crippen LogP contribution in [0.1, 0.15) is 38.5 Å². The first-order valence-corrected chi connectivity index (χ1v) is 8.55. The van der Waals surface area contributed by atoms with Crippen LogP contribution in [0.25, 0.3) is 0 Å². The van der Waals surface area contributed by atoms with E-state index in [1.165, 1.54) is 6.26 Å². The van der Waals surface area contributed by atoms with Gasteiger partial charge in [-0.25, -0.2) is 8.42 Å². The largest absolute Gasteiger partial charge is 0.381 e. The molecule has 0 aromatic rings. The van der Waals surface area contributed by atoms with Crippen LogP contribution in [0, 0.1) is 0 Å². The monoisotopic (exact) mass is 261 g/mol. The zero-order chi connectivity index (χ0) is 12.3. The summed E-state index contributed by atoms with van der Waals surface area (Å²) in [5.41, 5.74) is 0. The lowest BCUT2D eigenvalue weighted by Gasteiger charge is -2.35. The summed E-state index contributed by atoms with van der Waals surface area (Å²) in [5, 5.41) is 3.37. The summed E-state index contributed by atoms with van der Waals surface area (Å²) >= 11 is 0. The molecule has 0 bridgehead atoms. The minimum Gasteiger partial charge on any atom is -0.381 e. The number of nitrogens with one attached hydrogen (secondary N) is 1. The van der Waals surface area contributed by atoms with E-state index in [-0.39, 0.29) is 11.3 Å². The number of rotatable bonds is 3. The van der Waals surface area contributed by atoms with Gasteiger partial charge in [0.25, 0.3) is 0 Å². The third-order valence-corrected chi connectivity index (χ3v) is 5.59. The van der Waals surface area contributed by atoms with Gasteiger partial charge in [0.05, 0.1) is 5.25 Å². The lowest BCUT2D eigenvalue weighted by atomic mass is 9.93. The summed E-state index contributed by atoms with van der Waals surface area (Å²) in [7, 11) is -2.92. The van der Waals surface area contributed by atoms with Gasteiger partial charge in [0.2, 0.25) is 0 Å². The lowest BCUT2D eigenvalue weighted by Crippen LogP contribution is -2.51.